The zero-order valence-corrected chi connectivity index (χ0v) is 13.7. The summed E-state index contributed by atoms with van der Waals surface area (Å²) in [4.78, 5) is 14.2. The van der Waals surface area contributed by atoms with Crippen LogP contribution in [0.5, 0.6) is 0 Å². The molecule has 4 heteroatoms. The van der Waals surface area contributed by atoms with Gasteiger partial charge in [-0.15, -0.1) is 0 Å². The zero-order chi connectivity index (χ0) is 16.1. The Balaban J connectivity index is 1.94. The lowest BCUT2D eigenvalue weighted by molar-refractivity contribution is 0.102. The molecule has 114 valence electrons. The molecule has 1 aromatic heterocycles. The van der Waals surface area contributed by atoms with Gasteiger partial charge in [0.2, 0.25) is 5.78 Å². The average molecular weight is 341 g/mol. The average Bonchev–Trinajstić information content (AvgIpc) is 3.12. The molecule has 0 saturated heterocycles. The molecule has 0 spiro atoms. The lowest BCUT2D eigenvalue weighted by atomic mass is 10.2. The van der Waals surface area contributed by atoms with E-state index in [0.717, 1.165) is 15.4 Å². The minimum atomic E-state index is -0.157. The fourth-order valence-corrected chi connectivity index (χ4v) is 3.08. The van der Waals surface area contributed by atoms with E-state index in [1.54, 1.807) is 18.2 Å². The fraction of sp³-hybridized carbons (Fsp3) is 0. The predicted octanol–water partition coefficient (Wildman–Crippen LogP) is 5.95. The lowest BCUT2D eigenvalue weighted by Gasteiger charge is -2.07. The smallest absolute Gasteiger partial charge is 0.222 e. The lowest BCUT2D eigenvalue weighted by Crippen LogP contribution is -1.93. The van der Waals surface area contributed by atoms with Crippen molar-refractivity contribution >= 4 is 34.1 Å². The quantitative estimate of drug-likeness (QED) is 0.326. The first-order chi connectivity index (χ1) is 11.2. The Morgan fingerprint density at radius 2 is 1.70 bits per heavy atom. The maximum absolute atomic E-state index is 12.3. The highest BCUT2D eigenvalue weighted by atomic mass is 35.5. The molecule has 23 heavy (non-hydrogen) atoms. The molecule has 0 radical (unpaired) electrons. The van der Waals surface area contributed by atoms with Gasteiger partial charge in [-0.2, -0.15) is 0 Å². The number of ketones is 1. The summed E-state index contributed by atoms with van der Waals surface area (Å²) in [5.41, 5.74) is 0.979. The van der Waals surface area contributed by atoms with Crippen molar-refractivity contribution in [2.45, 2.75) is 4.90 Å². The van der Waals surface area contributed by atoms with Crippen molar-refractivity contribution in [3.63, 3.8) is 0 Å². The second-order valence-corrected chi connectivity index (χ2v) is 6.32. The van der Waals surface area contributed by atoms with E-state index < -0.39 is 0 Å². The van der Waals surface area contributed by atoms with Crippen LogP contribution in [0.4, 0.5) is 0 Å². The largest absolute Gasteiger partial charge is 0.461 e. The molecule has 0 aliphatic carbocycles. The number of carbonyl (C=O) groups excluding carboxylic acids is 1. The Bertz CT molecular complexity index is 806. The van der Waals surface area contributed by atoms with Crippen LogP contribution in [0.1, 0.15) is 16.1 Å². The maximum atomic E-state index is 12.3. The number of thioether (sulfide) groups is 1. The number of hydrogen-bond acceptors (Lipinski definition) is 3. The summed E-state index contributed by atoms with van der Waals surface area (Å²) in [5, 5.41) is 0.686. The van der Waals surface area contributed by atoms with E-state index in [1.807, 2.05) is 54.6 Å². The van der Waals surface area contributed by atoms with E-state index >= 15 is 0 Å². The molecule has 0 saturated carbocycles. The van der Waals surface area contributed by atoms with Gasteiger partial charge in [-0.25, -0.2) is 0 Å². The monoisotopic (exact) mass is 340 g/mol. The second-order valence-electron chi connectivity index (χ2n) is 4.77. The highest BCUT2D eigenvalue weighted by Crippen LogP contribution is 2.35. The third kappa shape index (κ3) is 4.15. The van der Waals surface area contributed by atoms with Crippen LogP contribution in [-0.4, -0.2) is 5.78 Å². The normalized spacial score (nSPS) is 11.4. The zero-order valence-electron chi connectivity index (χ0n) is 12.1. The Kier molecular flexibility index (Phi) is 5.01. The highest BCUT2D eigenvalue weighted by molar-refractivity contribution is 8.08. The molecule has 3 aromatic rings. The maximum Gasteiger partial charge on any atom is 0.222 e. The van der Waals surface area contributed by atoms with Gasteiger partial charge < -0.3 is 4.42 Å². The van der Waals surface area contributed by atoms with E-state index in [0.29, 0.717) is 10.8 Å². The molecule has 1 heterocycles. The fourth-order valence-electron chi connectivity index (χ4n) is 2.01. The van der Waals surface area contributed by atoms with Gasteiger partial charge in [0.15, 0.2) is 5.76 Å². The molecule has 0 fully saturated rings. The highest BCUT2D eigenvalue weighted by Gasteiger charge is 2.11. The number of hydrogen-bond donors (Lipinski definition) is 0. The standard InChI is InChI=1S/C19H13ClO2S/c20-15-8-10-16(11-9-15)23-19(14-5-2-1-3-6-14)13-17(21)18-7-4-12-22-18/h1-13H. The number of rotatable bonds is 5. The Morgan fingerprint density at radius 3 is 2.35 bits per heavy atom. The summed E-state index contributed by atoms with van der Waals surface area (Å²) < 4.78 is 5.18. The van der Waals surface area contributed by atoms with Crippen LogP contribution in [0, 0.1) is 0 Å². The third-order valence-electron chi connectivity index (χ3n) is 3.13. The molecule has 0 bridgehead atoms. The number of furan rings is 1. The second kappa shape index (κ2) is 7.36. The van der Waals surface area contributed by atoms with Gasteiger partial charge in [-0.05, 0) is 42.0 Å². The van der Waals surface area contributed by atoms with Gasteiger partial charge in [-0.3, -0.25) is 4.79 Å². The molecule has 0 unspecified atom stereocenters. The SMILES string of the molecule is O=C(C=C(Sc1ccc(Cl)cc1)c1ccccc1)c1ccco1. The topological polar surface area (TPSA) is 30.2 Å². The van der Waals surface area contributed by atoms with Gasteiger partial charge in [0.1, 0.15) is 0 Å². The van der Waals surface area contributed by atoms with E-state index in [1.165, 1.54) is 18.0 Å². The summed E-state index contributed by atoms with van der Waals surface area (Å²) in [6.45, 7) is 0. The van der Waals surface area contributed by atoms with E-state index in [9.17, 15) is 4.79 Å². The van der Waals surface area contributed by atoms with Gasteiger partial charge in [-0.1, -0.05) is 53.7 Å². The molecule has 0 aliphatic heterocycles. The van der Waals surface area contributed by atoms with Gasteiger partial charge in [0, 0.05) is 20.9 Å². The molecule has 0 N–H and O–H groups in total. The van der Waals surface area contributed by atoms with Gasteiger partial charge in [0.05, 0.1) is 6.26 Å². The van der Waals surface area contributed by atoms with Crippen LogP contribution in [0.15, 0.2) is 88.4 Å². The first-order valence-corrected chi connectivity index (χ1v) is 8.20. The Hall–Kier alpha value is -2.23. The minimum absolute atomic E-state index is 0.157. The number of carbonyl (C=O) groups is 1. The molecule has 0 aliphatic rings. The van der Waals surface area contributed by atoms with E-state index in [4.69, 9.17) is 16.0 Å². The molecule has 2 nitrogen and oxygen atoms in total. The van der Waals surface area contributed by atoms with E-state index in [-0.39, 0.29) is 5.78 Å². The van der Waals surface area contributed by atoms with Crippen LogP contribution >= 0.6 is 23.4 Å². The number of halogens is 1. The van der Waals surface area contributed by atoms with Crippen molar-refractivity contribution in [3.8, 4) is 0 Å². The molecule has 2 aromatic carbocycles. The summed E-state index contributed by atoms with van der Waals surface area (Å²) in [6.07, 6.45) is 3.10. The minimum Gasteiger partial charge on any atom is -0.461 e. The van der Waals surface area contributed by atoms with Crippen LogP contribution in [0.25, 0.3) is 4.91 Å². The van der Waals surface area contributed by atoms with E-state index in [2.05, 4.69) is 0 Å². The number of allylic oxidation sites excluding steroid dienone is 1. The van der Waals surface area contributed by atoms with Crippen molar-refractivity contribution in [2.75, 3.05) is 0 Å². The molecule has 0 atom stereocenters. The summed E-state index contributed by atoms with van der Waals surface area (Å²) in [7, 11) is 0. The van der Waals surface area contributed by atoms with Crippen molar-refractivity contribution < 1.29 is 9.21 Å². The van der Waals surface area contributed by atoms with Crippen molar-refractivity contribution in [3.05, 3.63) is 95.4 Å². The summed E-state index contributed by atoms with van der Waals surface area (Å²) in [5.74, 6) is 0.172. The Labute approximate surface area is 143 Å². The summed E-state index contributed by atoms with van der Waals surface area (Å²) in [6, 6.07) is 20.7. The van der Waals surface area contributed by atoms with Crippen molar-refractivity contribution in [1.29, 1.82) is 0 Å². The van der Waals surface area contributed by atoms with Crippen LogP contribution in [0.3, 0.4) is 0 Å². The number of benzene rings is 2. The van der Waals surface area contributed by atoms with Crippen LogP contribution in [-0.2, 0) is 0 Å². The molecule has 3 rings (SSSR count). The third-order valence-corrected chi connectivity index (χ3v) is 4.46. The van der Waals surface area contributed by atoms with Crippen LogP contribution < -0.4 is 0 Å². The molecular weight excluding hydrogens is 328 g/mol. The van der Waals surface area contributed by atoms with Crippen molar-refractivity contribution in [1.82, 2.24) is 0 Å². The first kappa shape index (κ1) is 15.7. The Morgan fingerprint density at radius 1 is 0.957 bits per heavy atom. The van der Waals surface area contributed by atoms with Gasteiger partial charge in [0.25, 0.3) is 0 Å². The first-order valence-electron chi connectivity index (χ1n) is 7.01. The molecular formula is C19H13ClO2S. The summed E-state index contributed by atoms with van der Waals surface area (Å²) >= 11 is 7.44. The van der Waals surface area contributed by atoms with Crippen molar-refractivity contribution in [2.24, 2.45) is 0 Å². The van der Waals surface area contributed by atoms with Crippen LogP contribution in [0.2, 0.25) is 5.02 Å². The van der Waals surface area contributed by atoms with Gasteiger partial charge >= 0.3 is 0 Å². The predicted molar refractivity (Wildman–Crippen MR) is 94.8 cm³/mol. The molecule has 0 amide bonds.